The minimum absolute atomic E-state index is 0.0616. The van der Waals surface area contributed by atoms with Gasteiger partial charge in [0, 0.05) is 28.3 Å². The van der Waals surface area contributed by atoms with Crippen LogP contribution in [0.15, 0.2) is 90.6 Å². The van der Waals surface area contributed by atoms with Crippen molar-refractivity contribution in [2.75, 3.05) is 17.4 Å². The highest BCUT2D eigenvalue weighted by Crippen LogP contribution is 2.65. The first-order valence-corrected chi connectivity index (χ1v) is 18.5. The number of ketones is 1. The van der Waals surface area contributed by atoms with E-state index in [1.807, 2.05) is 0 Å². The van der Waals surface area contributed by atoms with Crippen LogP contribution in [0.1, 0.15) is 52.7 Å². The first kappa shape index (κ1) is 38.2. The zero-order chi connectivity index (χ0) is 40.7. The fraction of sp³-hybridized carbons (Fsp3) is 0.268. The number of benzene rings is 3. The summed E-state index contributed by atoms with van der Waals surface area (Å²) in [7, 11) is 1.35. The second-order valence-corrected chi connectivity index (χ2v) is 15.3. The number of ether oxygens (including phenoxy) is 1. The number of nitrogens with one attached hydrogen (secondary N) is 1. The Morgan fingerprint density at radius 3 is 2.30 bits per heavy atom. The number of phenolic OH excluding ortho intramolecular Hbond substituents is 1. The number of fused-ring (bicyclic) bond motifs is 4. The van der Waals surface area contributed by atoms with E-state index in [4.69, 9.17) is 27.9 Å². The Hall–Kier alpha value is -5.73. The zero-order valence-electron chi connectivity index (χ0n) is 30.0. The highest BCUT2D eigenvalue weighted by molar-refractivity contribution is 6.33. The zero-order valence-corrected chi connectivity index (χ0v) is 31.5. The third-order valence-corrected chi connectivity index (χ3v) is 12.2. The lowest BCUT2D eigenvalue weighted by molar-refractivity contribution is -0.139. The summed E-state index contributed by atoms with van der Waals surface area (Å²) in [5, 5.41) is 12.3. The molecule has 16 heteroatoms. The van der Waals surface area contributed by atoms with Crippen molar-refractivity contribution in [2.24, 2.45) is 23.7 Å². The summed E-state index contributed by atoms with van der Waals surface area (Å²) in [6, 6.07) is 17.6. The minimum atomic E-state index is -4.78. The average molecular weight is 820 g/mol. The maximum absolute atomic E-state index is 15.3. The summed E-state index contributed by atoms with van der Waals surface area (Å²) in [6.07, 6.45) is -2.51. The first-order valence-electron chi connectivity index (χ1n) is 17.8. The molecule has 1 aromatic heterocycles. The number of imide groups is 2. The fourth-order valence-corrected chi connectivity index (χ4v) is 9.50. The summed E-state index contributed by atoms with van der Waals surface area (Å²) >= 11 is 12.6. The second-order valence-electron chi connectivity index (χ2n) is 14.4. The molecular weight excluding hydrogens is 788 g/mol. The van der Waals surface area contributed by atoms with Gasteiger partial charge in [-0.3, -0.25) is 34.3 Å². The summed E-state index contributed by atoms with van der Waals surface area (Å²) < 4.78 is 46.0. The number of methoxy groups -OCH3 is 1. The number of nitrogens with zero attached hydrogens (tertiary/aromatic N) is 3. The summed E-state index contributed by atoms with van der Waals surface area (Å²) in [4.78, 5) is 75.7. The maximum Gasteiger partial charge on any atom is 0.417 e. The molecule has 292 valence electrons. The molecule has 0 bridgehead atoms. The van der Waals surface area contributed by atoms with E-state index >= 15 is 4.79 Å². The SMILES string of the molecule is COc1cccc([C@H]2C3=CC[C@@H]4C(=O)N(c5ccc(C(C)=O)cc5)C(=O)[C@@H]4[C@@H]3C[C@H]3C(=O)N(Nc4ncc(C(F)(F)F)cc4Cl)C(=O)[C@@]23c2ccc(Cl)cc2)c1O. The third-order valence-electron chi connectivity index (χ3n) is 11.7. The van der Waals surface area contributed by atoms with Crippen LogP contribution in [0.3, 0.4) is 0 Å². The number of hydrazine groups is 1. The number of para-hydroxylation sites is 1. The number of alkyl halides is 3. The van der Waals surface area contributed by atoms with E-state index in [-0.39, 0.29) is 41.4 Å². The number of amides is 4. The molecule has 2 saturated heterocycles. The molecule has 3 heterocycles. The number of halogens is 5. The fourth-order valence-electron chi connectivity index (χ4n) is 9.16. The molecule has 2 aliphatic heterocycles. The van der Waals surface area contributed by atoms with Gasteiger partial charge in [-0.1, -0.05) is 59.1 Å². The molecule has 3 fully saturated rings. The number of allylic oxidation sites excluding steroid dienone is 2. The van der Waals surface area contributed by atoms with Crippen LogP contribution in [0.5, 0.6) is 11.5 Å². The van der Waals surface area contributed by atoms with Crippen LogP contribution in [0.4, 0.5) is 24.7 Å². The number of phenols is 1. The van der Waals surface area contributed by atoms with Crippen molar-refractivity contribution in [1.82, 2.24) is 9.99 Å². The molecule has 1 saturated carbocycles. The molecule has 2 aliphatic carbocycles. The number of hydrogen-bond acceptors (Lipinski definition) is 9. The second kappa shape index (κ2) is 13.7. The topological polar surface area (TPSA) is 146 Å². The molecule has 0 unspecified atom stereocenters. The van der Waals surface area contributed by atoms with Gasteiger partial charge in [0.25, 0.3) is 11.8 Å². The van der Waals surface area contributed by atoms with Crippen LogP contribution < -0.4 is 15.1 Å². The number of pyridine rings is 1. The first-order chi connectivity index (χ1) is 27.1. The Kier molecular flexibility index (Phi) is 9.19. The highest BCUT2D eigenvalue weighted by Gasteiger charge is 2.71. The number of Topliss-reactive ketones (excluding diaryl/α,β-unsaturated/α-hetero) is 1. The normalized spacial score (nSPS) is 25.5. The number of anilines is 2. The number of carbonyl (C=O) groups is 5. The molecule has 8 rings (SSSR count). The summed E-state index contributed by atoms with van der Waals surface area (Å²) in [5.41, 5.74) is 1.25. The monoisotopic (exact) mass is 818 g/mol. The van der Waals surface area contributed by atoms with E-state index in [0.717, 1.165) is 4.90 Å². The van der Waals surface area contributed by atoms with Gasteiger partial charge in [-0.2, -0.15) is 18.2 Å². The van der Waals surface area contributed by atoms with Crippen molar-refractivity contribution in [3.8, 4) is 11.5 Å². The Morgan fingerprint density at radius 2 is 1.67 bits per heavy atom. The number of hydrogen-bond donors (Lipinski definition) is 2. The van der Waals surface area contributed by atoms with E-state index in [1.165, 1.54) is 44.4 Å². The van der Waals surface area contributed by atoms with Crippen LogP contribution in [0, 0.1) is 23.7 Å². The Bertz CT molecular complexity index is 2420. The van der Waals surface area contributed by atoms with Gasteiger partial charge in [0.1, 0.15) is 0 Å². The lowest BCUT2D eigenvalue weighted by Crippen LogP contribution is -2.53. The van der Waals surface area contributed by atoms with Crippen LogP contribution in [-0.2, 0) is 30.8 Å². The van der Waals surface area contributed by atoms with Crippen molar-refractivity contribution in [2.45, 2.75) is 37.3 Å². The largest absolute Gasteiger partial charge is 0.504 e. The summed E-state index contributed by atoms with van der Waals surface area (Å²) in [6.45, 7) is 1.40. The van der Waals surface area contributed by atoms with Gasteiger partial charge < -0.3 is 9.84 Å². The molecule has 4 aliphatic rings. The van der Waals surface area contributed by atoms with Gasteiger partial charge in [0.2, 0.25) is 11.8 Å². The molecule has 6 atom stereocenters. The number of rotatable bonds is 7. The molecule has 0 radical (unpaired) electrons. The standard InChI is InChI=1S/C41H31Cl2F3N4O7/c1-19(51)20-6-12-24(13-7-20)49-36(53)26-15-14-25-28(32(26)38(49)55)17-29-37(54)50(48-35-30(43)16-22(18-47-35)41(44,45)46)39(56)40(29,21-8-10-23(42)11-9-21)33(25)27-4-3-5-31(57-2)34(27)52/h3-14,16,18,26,28-29,32-33,52H,15,17H2,1-2H3,(H,47,48)/t26-,28+,29-,32-,33+,40+/m0/s1. The molecule has 2 N–H and O–H groups in total. The molecule has 11 nitrogen and oxygen atoms in total. The van der Waals surface area contributed by atoms with Gasteiger partial charge in [0.15, 0.2) is 23.1 Å². The van der Waals surface area contributed by atoms with Crippen molar-refractivity contribution >= 4 is 64.1 Å². The Balaban J connectivity index is 1.31. The van der Waals surface area contributed by atoms with Gasteiger partial charge >= 0.3 is 6.18 Å². The van der Waals surface area contributed by atoms with Crippen LogP contribution >= 0.6 is 23.2 Å². The van der Waals surface area contributed by atoms with Crippen LogP contribution in [-0.4, -0.2) is 51.6 Å². The smallest absolute Gasteiger partial charge is 0.417 e. The van der Waals surface area contributed by atoms with Gasteiger partial charge in [0.05, 0.1) is 46.6 Å². The van der Waals surface area contributed by atoms with E-state index < -0.39 is 81.2 Å². The minimum Gasteiger partial charge on any atom is -0.504 e. The van der Waals surface area contributed by atoms with E-state index in [9.17, 15) is 37.5 Å². The average Bonchev–Trinajstić information content (AvgIpc) is 3.56. The molecule has 0 spiro atoms. The van der Waals surface area contributed by atoms with Gasteiger partial charge in [-0.25, -0.2) is 4.98 Å². The van der Waals surface area contributed by atoms with Crippen molar-refractivity contribution in [3.05, 3.63) is 123 Å². The third kappa shape index (κ3) is 5.79. The Labute approximate surface area is 333 Å². The molecule has 4 amide bonds. The summed E-state index contributed by atoms with van der Waals surface area (Å²) in [5.74, 6) is -8.60. The van der Waals surface area contributed by atoms with Crippen LogP contribution in [0.25, 0.3) is 0 Å². The van der Waals surface area contributed by atoms with Crippen molar-refractivity contribution < 1.29 is 47.0 Å². The van der Waals surface area contributed by atoms with E-state index in [2.05, 4.69) is 10.4 Å². The van der Waals surface area contributed by atoms with Gasteiger partial charge in [-0.15, -0.1) is 0 Å². The van der Waals surface area contributed by atoms with Crippen LogP contribution in [0.2, 0.25) is 10.0 Å². The number of aromatic hydroxyl groups is 1. The molecular formula is C41H31Cl2F3N4O7. The number of carbonyl (C=O) groups excluding carboxylic acids is 5. The predicted octanol–water partition coefficient (Wildman–Crippen LogP) is 7.51. The van der Waals surface area contributed by atoms with Crippen molar-refractivity contribution in [3.63, 3.8) is 0 Å². The quantitative estimate of drug-likeness (QED) is 0.110. The predicted molar refractivity (Wildman–Crippen MR) is 200 cm³/mol. The Morgan fingerprint density at radius 1 is 0.965 bits per heavy atom. The highest BCUT2D eigenvalue weighted by atomic mass is 35.5. The van der Waals surface area contributed by atoms with E-state index in [1.54, 1.807) is 42.5 Å². The maximum atomic E-state index is 15.3. The molecule has 4 aromatic rings. The number of aromatic nitrogens is 1. The molecule has 57 heavy (non-hydrogen) atoms. The van der Waals surface area contributed by atoms with Crippen molar-refractivity contribution in [1.29, 1.82) is 0 Å². The lowest BCUT2D eigenvalue weighted by atomic mass is 9.49. The van der Waals surface area contributed by atoms with Gasteiger partial charge in [-0.05, 0) is 79.8 Å². The molecule has 3 aromatic carbocycles. The lowest BCUT2D eigenvalue weighted by Gasteiger charge is -2.50. The van der Waals surface area contributed by atoms with E-state index in [0.29, 0.717) is 39.0 Å².